The second kappa shape index (κ2) is 52.4. The molecular weight excluding hydrogens is 765 g/mol. The Labute approximate surface area is 384 Å². The molecule has 0 heterocycles. The third-order valence-corrected chi connectivity index (χ3v) is 10.9. The van der Waals surface area contributed by atoms with Crippen LogP contribution in [-0.4, -0.2) is 37.9 Å². The number of allylic oxidation sites excluding steroid dienone is 14. The van der Waals surface area contributed by atoms with Crippen molar-refractivity contribution in [2.75, 3.05) is 19.8 Å². The molecule has 0 aliphatic carbocycles. The number of carbonyl (C=O) groups excluding carboxylic acids is 2. The summed E-state index contributed by atoms with van der Waals surface area (Å²) in [5.41, 5.74) is 0. The molecule has 0 fully saturated rings. The Morgan fingerprint density at radius 2 is 0.758 bits per heavy atom. The van der Waals surface area contributed by atoms with Crippen molar-refractivity contribution in [2.45, 2.75) is 245 Å². The second-order valence-electron chi connectivity index (χ2n) is 17.0. The van der Waals surface area contributed by atoms with Crippen LogP contribution in [0.5, 0.6) is 0 Å². The Kier molecular flexibility index (Phi) is 50.0. The van der Waals surface area contributed by atoms with Crippen LogP contribution in [0.4, 0.5) is 0 Å². The van der Waals surface area contributed by atoms with Crippen LogP contribution in [-0.2, 0) is 23.8 Å². The summed E-state index contributed by atoms with van der Waals surface area (Å²) in [7, 11) is 0. The fourth-order valence-electron chi connectivity index (χ4n) is 7.06. The van der Waals surface area contributed by atoms with Crippen LogP contribution >= 0.6 is 0 Å². The first-order valence-corrected chi connectivity index (χ1v) is 26.1. The van der Waals surface area contributed by atoms with Gasteiger partial charge >= 0.3 is 11.9 Å². The van der Waals surface area contributed by atoms with Gasteiger partial charge in [-0.25, -0.2) is 0 Å². The maximum absolute atomic E-state index is 12.8. The van der Waals surface area contributed by atoms with Gasteiger partial charge < -0.3 is 14.2 Å². The monoisotopic (exact) mass is 863 g/mol. The third kappa shape index (κ3) is 49.7. The molecule has 0 N–H and O–H groups in total. The highest BCUT2D eigenvalue weighted by Gasteiger charge is 2.17. The molecule has 356 valence electrons. The number of esters is 2. The molecule has 0 spiro atoms. The van der Waals surface area contributed by atoms with Gasteiger partial charge in [-0.1, -0.05) is 228 Å². The standard InChI is InChI=1S/C57H98O5/c1-4-7-10-13-16-19-22-25-26-27-28-29-30-31-34-37-40-43-46-49-52-60-53-55(62-57(59)51-48-45-42-39-36-33-24-21-18-15-12-9-6-3)54-61-56(58)50-47-44-41-38-35-32-23-20-17-14-11-8-5-2/h8,11,16-17,19-20,25-26,28-29,32,35,41,44,55H,4-7,9-10,12-15,18,21-24,27,30-31,33-34,36-40,42-43,45-54H2,1-3H3/b11-8-,19-16-,20-17-,26-25-,29-28-,35-32-,44-41-. The van der Waals surface area contributed by atoms with Crippen molar-refractivity contribution in [3.05, 3.63) is 85.1 Å². The molecule has 0 aromatic carbocycles. The molecule has 1 atom stereocenters. The van der Waals surface area contributed by atoms with Gasteiger partial charge in [-0.15, -0.1) is 0 Å². The number of unbranched alkanes of at least 4 members (excludes halogenated alkanes) is 22. The Balaban J connectivity index is 4.33. The topological polar surface area (TPSA) is 61.8 Å². The summed E-state index contributed by atoms with van der Waals surface area (Å²) in [5, 5.41) is 0. The second-order valence-corrected chi connectivity index (χ2v) is 17.0. The van der Waals surface area contributed by atoms with E-state index in [1.807, 2.05) is 6.08 Å². The molecule has 0 bridgehead atoms. The molecular formula is C57H98O5. The molecule has 0 aliphatic heterocycles. The van der Waals surface area contributed by atoms with Crippen molar-refractivity contribution in [1.29, 1.82) is 0 Å². The normalized spacial score (nSPS) is 12.9. The van der Waals surface area contributed by atoms with E-state index >= 15 is 0 Å². The molecule has 5 heteroatoms. The molecule has 0 saturated carbocycles. The molecule has 0 aliphatic rings. The highest BCUT2D eigenvalue weighted by molar-refractivity contribution is 5.70. The van der Waals surface area contributed by atoms with E-state index in [9.17, 15) is 9.59 Å². The van der Waals surface area contributed by atoms with Gasteiger partial charge in [0.1, 0.15) is 6.61 Å². The summed E-state index contributed by atoms with van der Waals surface area (Å²) in [5.74, 6) is -0.494. The van der Waals surface area contributed by atoms with Crippen molar-refractivity contribution < 1.29 is 23.8 Å². The summed E-state index contributed by atoms with van der Waals surface area (Å²) in [4.78, 5) is 25.3. The van der Waals surface area contributed by atoms with Gasteiger partial charge in [-0.3, -0.25) is 9.59 Å². The van der Waals surface area contributed by atoms with Gasteiger partial charge in [0, 0.05) is 19.4 Å². The van der Waals surface area contributed by atoms with E-state index in [4.69, 9.17) is 14.2 Å². The van der Waals surface area contributed by atoms with Gasteiger partial charge in [0.2, 0.25) is 0 Å². The lowest BCUT2D eigenvalue weighted by Gasteiger charge is -2.18. The summed E-state index contributed by atoms with van der Waals surface area (Å²) in [6.45, 7) is 7.59. The van der Waals surface area contributed by atoms with E-state index in [2.05, 4.69) is 99.8 Å². The van der Waals surface area contributed by atoms with Gasteiger partial charge in [-0.05, 0) is 83.5 Å². The van der Waals surface area contributed by atoms with Crippen LogP contribution in [0.25, 0.3) is 0 Å². The SMILES string of the molecule is CC/C=C\C/C=C\C/C=C\C/C=C\CCC(=O)OCC(COCCCCCCCCC/C=C\C/C=C\C/C=C\CCCCC)OC(=O)CCCCCCCCCCCCCCC. The first-order chi connectivity index (χ1) is 30.6. The third-order valence-electron chi connectivity index (χ3n) is 10.9. The average molecular weight is 863 g/mol. The number of hydrogen-bond acceptors (Lipinski definition) is 5. The van der Waals surface area contributed by atoms with Crippen molar-refractivity contribution >= 4 is 11.9 Å². The number of hydrogen-bond donors (Lipinski definition) is 0. The molecule has 62 heavy (non-hydrogen) atoms. The zero-order chi connectivity index (χ0) is 44.9. The zero-order valence-corrected chi connectivity index (χ0v) is 40.9. The highest BCUT2D eigenvalue weighted by atomic mass is 16.6. The maximum Gasteiger partial charge on any atom is 0.306 e. The predicted molar refractivity (Wildman–Crippen MR) is 270 cm³/mol. The molecule has 0 radical (unpaired) electrons. The number of carbonyl (C=O) groups is 2. The van der Waals surface area contributed by atoms with Gasteiger partial charge in [-0.2, -0.15) is 0 Å². The largest absolute Gasteiger partial charge is 0.462 e. The minimum Gasteiger partial charge on any atom is -0.462 e. The number of rotatable bonds is 47. The van der Waals surface area contributed by atoms with Gasteiger partial charge in [0.15, 0.2) is 6.10 Å². The van der Waals surface area contributed by atoms with Crippen LogP contribution < -0.4 is 0 Å². The molecule has 0 saturated heterocycles. The zero-order valence-electron chi connectivity index (χ0n) is 40.9. The molecule has 0 amide bonds. The molecule has 5 nitrogen and oxygen atoms in total. The minimum absolute atomic E-state index is 0.0418. The van der Waals surface area contributed by atoms with E-state index in [0.717, 1.165) is 64.2 Å². The maximum atomic E-state index is 12.8. The number of ether oxygens (including phenoxy) is 3. The van der Waals surface area contributed by atoms with E-state index in [-0.39, 0.29) is 25.2 Å². The average Bonchev–Trinajstić information content (AvgIpc) is 3.27. The van der Waals surface area contributed by atoms with Crippen molar-refractivity contribution in [3.63, 3.8) is 0 Å². The highest BCUT2D eigenvalue weighted by Crippen LogP contribution is 2.14. The lowest BCUT2D eigenvalue weighted by Crippen LogP contribution is -2.30. The van der Waals surface area contributed by atoms with E-state index in [1.165, 1.54) is 135 Å². The Bertz CT molecular complexity index is 1160. The van der Waals surface area contributed by atoms with Crippen molar-refractivity contribution in [3.8, 4) is 0 Å². The lowest BCUT2D eigenvalue weighted by atomic mass is 10.0. The van der Waals surface area contributed by atoms with Crippen molar-refractivity contribution in [1.82, 2.24) is 0 Å². The lowest BCUT2D eigenvalue weighted by molar-refractivity contribution is -0.162. The molecule has 0 aromatic heterocycles. The summed E-state index contributed by atoms with van der Waals surface area (Å²) in [6.07, 6.45) is 68.9. The Hall–Kier alpha value is -2.92. The van der Waals surface area contributed by atoms with Gasteiger partial charge in [0.05, 0.1) is 6.61 Å². The fraction of sp³-hybridized carbons (Fsp3) is 0.719. The van der Waals surface area contributed by atoms with Crippen molar-refractivity contribution in [2.24, 2.45) is 0 Å². The smallest absolute Gasteiger partial charge is 0.306 e. The van der Waals surface area contributed by atoms with E-state index in [0.29, 0.717) is 25.9 Å². The first kappa shape index (κ1) is 59.1. The Morgan fingerprint density at radius 1 is 0.371 bits per heavy atom. The first-order valence-electron chi connectivity index (χ1n) is 26.1. The molecule has 0 aromatic rings. The minimum atomic E-state index is -0.571. The summed E-state index contributed by atoms with van der Waals surface area (Å²) < 4.78 is 17.3. The summed E-state index contributed by atoms with van der Waals surface area (Å²) >= 11 is 0. The van der Waals surface area contributed by atoms with Gasteiger partial charge in [0.25, 0.3) is 0 Å². The van der Waals surface area contributed by atoms with Crippen LogP contribution in [0.3, 0.4) is 0 Å². The van der Waals surface area contributed by atoms with E-state index < -0.39 is 6.10 Å². The van der Waals surface area contributed by atoms with Crippen LogP contribution in [0.15, 0.2) is 85.1 Å². The Morgan fingerprint density at radius 3 is 1.26 bits per heavy atom. The predicted octanol–water partition coefficient (Wildman–Crippen LogP) is 17.7. The molecule has 0 rings (SSSR count). The molecule has 1 unspecified atom stereocenters. The summed E-state index contributed by atoms with van der Waals surface area (Å²) in [6, 6.07) is 0. The quantitative estimate of drug-likeness (QED) is 0.0346. The fourth-order valence-corrected chi connectivity index (χ4v) is 7.06. The van der Waals surface area contributed by atoms with Crippen LogP contribution in [0.2, 0.25) is 0 Å². The van der Waals surface area contributed by atoms with Crippen LogP contribution in [0, 0.1) is 0 Å². The van der Waals surface area contributed by atoms with E-state index in [1.54, 1.807) is 0 Å². The van der Waals surface area contributed by atoms with Crippen LogP contribution in [0.1, 0.15) is 239 Å².